The standard InChI is InChI=1S/C11H18N4S/c1-16-11(6-2-3-7-11)8-13-10-5-4-9(12)14-15-10/h4-5H,2-3,6-8H2,1H3,(H2,12,14)(H,13,15). The van der Waals surface area contributed by atoms with Crippen LogP contribution >= 0.6 is 11.8 Å². The molecule has 0 spiro atoms. The van der Waals surface area contributed by atoms with Crippen LogP contribution in [0.1, 0.15) is 25.7 Å². The second-order valence-electron chi connectivity index (χ2n) is 4.29. The fourth-order valence-electron chi connectivity index (χ4n) is 2.16. The van der Waals surface area contributed by atoms with Gasteiger partial charge in [-0.1, -0.05) is 12.8 Å². The van der Waals surface area contributed by atoms with Crippen molar-refractivity contribution in [3.05, 3.63) is 12.1 Å². The van der Waals surface area contributed by atoms with Crippen LogP contribution in [0.2, 0.25) is 0 Å². The molecule has 0 aromatic carbocycles. The average molecular weight is 238 g/mol. The molecule has 2 rings (SSSR count). The summed E-state index contributed by atoms with van der Waals surface area (Å²) in [5, 5.41) is 11.2. The van der Waals surface area contributed by atoms with Gasteiger partial charge in [-0.15, -0.1) is 10.2 Å². The lowest BCUT2D eigenvalue weighted by atomic mass is 10.1. The molecule has 1 aromatic rings. The van der Waals surface area contributed by atoms with Crippen LogP contribution < -0.4 is 11.1 Å². The van der Waals surface area contributed by atoms with Gasteiger partial charge in [0, 0.05) is 11.3 Å². The van der Waals surface area contributed by atoms with Crippen molar-refractivity contribution in [1.29, 1.82) is 0 Å². The van der Waals surface area contributed by atoms with Gasteiger partial charge < -0.3 is 11.1 Å². The highest BCUT2D eigenvalue weighted by molar-refractivity contribution is 8.00. The van der Waals surface area contributed by atoms with Crippen LogP contribution in [0.3, 0.4) is 0 Å². The molecule has 1 aromatic heterocycles. The van der Waals surface area contributed by atoms with Crippen LogP contribution in [-0.4, -0.2) is 27.7 Å². The Labute approximate surface area is 100 Å². The van der Waals surface area contributed by atoms with E-state index in [1.807, 2.05) is 17.8 Å². The van der Waals surface area contributed by atoms with E-state index < -0.39 is 0 Å². The maximum absolute atomic E-state index is 5.49. The Hall–Kier alpha value is -0.970. The fourth-order valence-corrected chi connectivity index (χ4v) is 3.07. The lowest BCUT2D eigenvalue weighted by Gasteiger charge is -2.27. The summed E-state index contributed by atoms with van der Waals surface area (Å²) >= 11 is 1.97. The van der Waals surface area contributed by atoms with E-state index in [4.69, 9.17) is 5.73 Å². The molecule has 0 amide bonds. The quantitative estimate of drug-likeness (QED) is 0.841. The molecule has 1 heterocycles. The van der Waals surface area contributed by atoms with Gasteiger partial charge in [0.2, 0.25) is 0 Å². The Bertz CT molecular complexity index is 332. The monoisotopic (exact) mass is 238 g/mol. The summed E-state index contributed by atoms with van der Waals surface area (Å²) in [7, 11) is 0. The molecule has 1 aliphatic carbocycles. The number of hydrogen-bond acceptors (Lipinski definition) is 5. The van der Waals surface area contributed by atoms with E-state index in [1.54, 1.807) is 6.07 Å². The van der Waals surface area contributed by atoms with Gasteiger partial charge in [0.05, 0.1) is 0 Å². The van der Waals surface area contributed by atoms with Crippen molar-refractivity contribution < 1.29 is 0 Å². The minimum atomic E-state index is 0.392. The molecule has 0 radical (unpaired) electrons. The molecule has 0 aliphatic heterocycles. The molecule has 3 N–H and O–H groups in total. The molecule has 16 heavy (non-hydrogen) atoms. The zero-order chi connectivity index (χ0) is 11.4. The van der Waals surface area contributed by atoms with E-state index in [2.05, 4.69) is 21.8 Å². The van der Waals surface area contributed by atoms with Gasteiger partial charge in [0.1, 0.15) is 11.6 Å². The molecule has 88 valence electrons. The van der Waals surface area contributed by atoms with Crippen molar-refractivity contribution >= 4 is 23.4 Å². The first-order valence-electron chi connectivity index (χ1n) is 5.62. The van der Waals surface area contributed by atoms with Crippen LogP contribution in [-0.2, 0) is 0 Å². The second kappa shape index (κ2) is 4.91. The molecule has 0 atom stereocenters. The van der Waals surface area contributed by atoms with Crippen LogP contribution in [0.25, 0.3) is 0 Å². The molecular weight excluding hydrogens is 220 g/mol. The number of anilines is 2. The number of nitrogens with two attached hydrogens (primary N) is 1. The summed E-state index contributed by atoms with van der Waals surface area (Å²) < 4.78 is 0.392. The molecule has 1 saturated carbocycles. The van der Waals surface area contributed by atoms with Crippen molar-refractivity contribution in [3.63, 3.8) is 0 Å². The number of hydrogen-bond donors (Lipinski definition) is 2. The normalized spacial score (nSPS) is 18.6. The zero-order valence-electron chi connectivity index (χ0n) is 9.57. The topological polar surface area (TPSA) is 63.8 Å². The van der Waals surface area contributed by atoms with Crippen molar-refractivity contribution in [1.82, 2.24) is 10.2 Å². The van der Waals surface area contributed by atoms with Crippen molar-refractivity contribution in [2.75, 3.05) is 23.9 Å². The predicted octanol–water partition coefficient (Wildman–Crippen LogP) is 2.15. The Morgan fingerprint density at radius 2 is 2.12 bits per heavy atom. The van der Waals surface area contributed by atoms with Crippen LogP contribution in [0.5, 0.6) is 0 Å². The molecule has 5 heteroatoms. The molecule has 0 saturated heterocycles. The summed E-state index contributed by atoms with van der Waals surface area (Å²) in [6, 6.07) is 3.65. The zero-order valence-corrected chi connectivity index (χ0v) is 10.4. The maximum Gasteiger partial charge on any atom is 0.148 e. The van der Waals surface area contributed by atoms with E-state index in [9.17, 15) is 0 Å². The SMILES string of the molecule is CSC1(CNc2ccc(N)nn2)CCCC1. The average Bonchev–Trinajstić information content (AvgIpc) is 2.78. The van der Waals surface area contributed by atoms with Crippen molar-refractivity contribution in [2.45, 2.75) is 30.4 Å². The summed E-state index contributed by atoms with van der Waals surface area (Å²) in [6.45, 7) is 0.965. The van der Waals surface area contributed by atoms with E-state index in [0.717, 1.165) is 12.4 Å². The largest absolute Gasteiger partial charge is 0.382 e. The Kier molecular flexibility index (Phi) is 3.53. The number of nitrogens with one attached hydrogen (secondary N) is 1. The van der Waals surface area contributed by atoms with Gasteiger partial charge in [0.15, 0.2) is 0 Å². The van der Waals surface area contributed by atoms with Crippen LogP contribution in [0.4, 0.5) is 11.6 Å². The minimum Gasteiger partial charge on any atom is -0.382 e. The number of rotatable bonds is 4. The highest BCUT2D eigenvalue weighted by Gasteiger charge is 2.32. The van der Waals surface area contributed by atoms with Gasteiger partial charge in [-0.05, 0) is 31.2 Å². The van der Waals surface area contributed by atoms with Gasteiger partial charge in [-0.3, -0.25) is 0 Å². The molecule has 1 fully saturated rings. The number of nitrogens with zero attached hydrogens (tertiary/aromatic N) is 2. The summed E-state index contributed by atoms with van der Waals surface area (Å²) in [6.07, 6.45) is 7.47. The molecular formula is C11H18N4S. The minimum absolute atomic E-state index is 0.392. The van der Waals surface area contributed by atoms with E-state index >= 15 is 0 Å². The fraction of sp³-hybridized carbons (Fsp3) is 0.636. The maximum atomic E-state index is 5.49. The highest BCUT2D eigenvalue weighted by Crippen LogP contribution is 2.40. The van der Waals surface area contributed by atoms with Crippen LogP contribution in [0.15, 0.2) is 12.1 Å². The highest BCUT2D eigenvalue weighted by atomic mass is 32.2. The second-order valence-corrected chi connectivity index (χ2v) is 5.57. The summed E-state index contributed by atoms with van der Waals surface area (Å²) in [5.41, 5.74) is 5.49. The molecule has 0 bridgehead atoms. The third kappa shape index (κ3) is 2.58. The van der Waals surface area contributed by atoms with Gasteiger partial charge >= 0.3 is 0 Å². The van der Waals surface area contributed by atoms with Crippen molar-refractivity contribution in [2.24, 2.45) is 0 Å². The molecule has 0 unspecified atom stereocenters. The Balaban J connectivity index is 1.93. The smallest absolute Gasteiger partial charge is 0.148 e. The van der Waals surface area contributed by atoms with Gasteiger partial charge in [-0.2, -0.15) is 11.8 Å². The van der Waals surface area contributed by atoms with Gasteiger partial charge in [-0.25, -0.2) is 0 Å². The summed E-state index contributed by atoms with van der Waals surface area (Å²) in [5.74, 6) is 1.28. The van der Waals surface area contributed by atoms with E-state index in [0.29, 0.717) is 10.6 Å². The third-order valence-corrected chi connectivity index (χ3v) is 4.64. The Morgan fingerprint density at radius 3 is 2.69 bits per heavy atom. The lowest BCUT2D eigenvalue weighted by molar-refractivity contribution is 0.638. The number of aromatic nitrogens is 2. The molecule has 1 aliphatic rings. The lowest BCUT2D eigenvalue weighted by Crippen LogP contribution is -2.30. The number of thioether (sulfide) groups is 1. The first-order chi connectivity index (χ1) is 7.74. The van der Waals surface area contributed by atoms with E-state index in [1.165, 1.54) is 25.7 Å². The Morgan fingerprint density at radius 1 is 1.38 bits per heavy atom. The molecule has 4 nitrogen and oxygen atoms in total. The third-order valence-electron chi connectivity index (χ3n) is 3.22. The van der Waals surface area contributed by atoms with Crippen molar-refractivity contribution in [3.8, 4) is 0 Å². The predicted molar refractivity (Wildman–Crippen MR) is 69.6 cm³/mol. The first-order valence-corrected chi connectivity index (χ1v) is 6.85. The van der Waals surface area contributed by atoms with Crippen LogP contribution in [0, 0.1) is 0 Å². The first kappa shape index (κ1) is 11.5. The number of nitrogen functional groups attached to an aromatic ring is 1. The summed E-state index contributed by atoms with van der Waals surface area (Å²) in [4.78, 5) is 0. The van der Waals surface area contributed by atoms with E-state index in [-0.39, 0.29) is 0 Å². The van der Waals surface area contributed by atoms with Gasteiger partial charge in [0.25, 0.3) is 0 Å².